The van der Waals surface area contributed by atoms with Crippen LogP contribution in [0.2, 0.25) is 0 Å². The maximum Gasteiger partial charge on any atom is 0.417 e. The Morgan fingerprint density at radius 1 is 1.31 bits per heavy atom. The molecule has 0 bridgehead atoms. The van der Waals surface area contributed by atoms with Crippen LogP contribution < -0.4 is 0 Å². The average molecular weight is 193 g/mol. The summed E-state index contributed by atoms with van der Waals surface area (Å²) in [6.45, 7) is 0. The van der Waals surface area contributed by atoms with Crippen LogP contribution in [0.5, 0.6) is 0 Å². The fourth-order valence-electron chi connectivity index (χ4n) is 0.632. The summed E-state index contributed by atoms with van der Waals surface area (Å²) in [4.78, 5) is 11.1. The molecule has 0 aromatic rings. The highest BCUT2D eigenvalue weighted by Gasteiger charge is 2.31. The highest BCUT2D eigenvalue weighted by atomic mass is 19.4. The lowest BCUT2D eigenvalue weighted by Crippen LogP contribution is -2.14. The van der Waals surface area contributed by atoms with E-state index >= 15 is 0 Å². The van der Waals surface area contributed by atoms with Crippen molar-refractivity contribution < 1.29 is 18.0 Å². The third kappa shape index (κ3) is 5.05. The van der Waals surface area contributed by atoms with E-state index in [1.165, 1.54) is 19.0 Å². The minimum Gasteiger partial charge on any atom is -0.383 e. The second-order valence-corrected chi connectivity index (χ2v) is 2.54. The summed E-state index contributed by atoms with van der Waals surface area (Å²) in [7, 11) is 2.95. The summed E-state index contributed by atoms with van der Waals surface area (Å²) in [5.41, 5.74) is -0.857. The molecule has 0 saturated carbocycles. The summed E-state index contributed by atoms with van der Waals surface area (Å²) in [6.07, 6.45) is -1.69. The summed E-state index contributed by atoms with van der Waals surface area (Å²) in [5, 5.41) is 0. The lowest BCUT2D eigenvalue weighted by Gasteiger charge is -2.11. The van der Waals surface area contributed by atoms with Crippen molar-refractivity contribution in [3.8, 4) is 0 Å². The lowest BCUT2D eigenvalue weighted by atomic mass is 10.2. The zero-order valence-electron chi connectivity index (χ0n) is 7.30. The van der Waals surface area contributed by atoms with Crippen LogP contribution in [0, 0.1) is 0 Å². The molecular weight excluding hydrogens is 183 g/mol. The number of carbonyl (C=O) groups is 1. The van der Waals surface area contributed by atoms with Crippen LogP contribution in [-0.2, 0) is 4.79 Å². The van der Waals surface area contributed by atoms with Gasteiger partial charge >= 0.3 is 6.18 Å². The first-order valence-corrected chi connectivity index (χ1v) is 3.45. The molecule has 74 valence electrons. The van der Waals surface area contributed by atoms with E-state index in [4.69, 9.17) is 0 Å². The van der Waals surface area contributed by atoms with Gasteiger partial charge in [-0.25, -0.2) is 0 Å². The number of hydrogen-bond acceptors (Lipinski definition) is 2. The number of carbonyl (C=O) groups excluding carboxylic acids is 1. The van der Waals surface area contributed by atoms with Gasteiger partial charge in [0.15, 0.2) is 0 Å². The van der Waals surface area contributed by atoms with Gasteiger partial charge in [0.05, 0.1) is 5.57 Å². The fourth-order valence-corrected chi connectivity index (χ4v) is 0.632. The first-order valence-electron chi connectivity index (χ1n) is 3.45. The fraction of sp³-hybridized carbons (Fsp3) is 0.375. The largest absolute Gasteiger partial charge is 0.417 e. The molecule has 2 nitrogen and oxygen atoms in total. The minimum atomic E-state index is -4.43. The number of halogens is 3. The number of hydrogen-bond donors (Lipinski definition) is 0. The van der Waals surface area contributed by atoms with Crippen LogP contribution in [0.15, 0.2) is 23.9 Å². The molecule has 0 aliphatic heterocycles. The highest BCUT2D eigenvalue weighted by Crippen LogP contribution is 2.26. The normalized spacial score (nSPS) is 13.5. The smallest absolute Gasteiger partial charge is 0.383 e. The Morgan fingerprint density at radius 3 is 2.15 bits per heavy atom. The van der Waals surface area contributed by atoms with Gasteiger partial charge < -0.3 is 4.90 Å². The molecule has 0 unspecified atom stereocenters. The predicted octanol–water partition coefficient (Wildman–Crippen LogP) is 1.75. The van der Waals surface area contributed by atoms with E-state index < -0.39 is 11.7 Å². The highest BCUT2D eigenvalue weighted by molar-refractivity contribution is 5.66. The minimum absolute atomic E-state index is 0.301. The van der Waals surface area contributed by atoms with E-state index in [-0.39, 0.29) is 0 Å². The molecule has 0 aromatic heterocycles. The summed E-state index contributed by atoms with van der Waals surface area (Å²) in [5.74, 6) is 0. The quantitative estimate of drug-likeness (QED) is 0.386. The molecule has 0 N–H and O–H groups in total. The number of nitrogens with zero attached hydrogens (tertiary/aromatic N) is 1. The van der Waals surface area contributed by atoms with Crippen molar-refractivity contribution in [2.75, 3.05) is 14.1 Å². The Balaban J connectivity index is 4.76. The number of rotatable bonds is 3. The van der Waals surface area contributed by atoms with Crippen molar-refractivity contribution in [2.24, 2.45) is 0 Å². The summed E-state index contributed by atoms with van der Waals surface area (Å²) >= 11 is 0. The molecule has 0 fully saturated rings. The Bertz CT molecular complexity index is 228. The van der Waals surface area contributed by atoms with Crippen molar-refractivity contribution in [3.63, 3.8) is 0 Å². The molecule has 0 rings (SSSR count). The number of allylic oxidation sites excluding steroid dienone is 3. The second kappa shape index (κ2) is 4.69. The van der Waals surface area contributed by atoms with E-state index in [2.05, 4.69) is 0 Å². The van der Waals surface area contributed by atoms with Gasteiger partial charge in [-0.15, -0.1) is 0 Å². The van der Waals surface area contributed by atoms with Crippen molar-refractivity contribution >= 4 is 6.29 Å². The molecule has 0 aromatic carbocycles. The molecule has 0 aliphatic rings. The van der Waals surface area contributed by atoms with Crippen molar-refractivity contribution in [3.05, 3.63) is 23.9 Å². The van der Waals surface area contributed by atoms with E-state index in [1.54, 1.807) is 0 Å². The van der Waals surface area contributed by atoms with Gasteiger partial charge in [0.2, 0.25) is 0 Å². The third-order valence-corrected chi connectivity index (χ3v) is 1.08. The standard InChI is InChI=1S/C8H10F3NO/c1-12(2)6-7(4-3-5-13)8(9,10)11/h3-6H,1-2H3/b4-3-,7-6+. The molecule has 0 spiro atoms. The van der Waals surface area contributed by atoms with Crippen LogP contribution in [0.1, 0.15) is 0 Å². The molecule has 0 radical (unpaired) electrons. The average Bonchev–Trinajstić information content (AvgIpc) is 1.95. The Hall–Kier alpha value is -1.26. The van der Waals surface area contributed by atoms with Crippen molar-refractivity contribution in [1.29, 1.82) is 0 Å². The second-order valence-electron chi connectivity index (χ2n) is 2.54. The molecular formula is C8H10F3NO. The number of alkyl halides is 3. The Labute approximate surface area is 74.3 Å². The molecule has 13 heavy (non-hydrogen) atoms. The summed E-state index contributed by atoms with van der Waals surface area (Å²) < 4.78 is 36.4. The Kier molecular flexibility index (Phi) is 4.23. The van der Waals surface area contributed by atoms with Crippen LogP contribution in [0.3, 0.4) is 0 Å². The zero-order chi connectivity index (χ0) is 10.5. The third-order valence-electron chi connectivity index (χ3n) is 1.08. The molecule has 0 amide bonds. The molecule has 5 heteroatoms. The Morgan fingerprint density at radius 2 is 1.85 bits per heavy atom. The molecule has 0 atom stereocenters. The van der Waals surface area contributed by atoms with Gasteiger partial charge in [-0.3, -0.25) is 4.79 Å². The summed E-state index contributed by atoms with van der Waals surface area (Å²) in [6, 6.07) is 0. The zero-order valence-corrected chi connectivity index (χ0v) is 7.30. The van der Waals surface area contributed by atoms with Crippen LogP contribution in [0.25, 0.3) is 0 Å². The SMILES string of the molecule is CN(C)/C=C(\C=C/C=O)C(F)(F)F. The van der Waals surface area contributed by atoms with Gasteiger partial charge in [0.25, 0.3) is 0 Å². The van der Waals surface area contributed by atoms with E-state index in [9.17, 15) is 18.0 Å². The first-order chi connectivity index (χ1) is 5.88. The van der Waals surface area contributed by atoms with Gasteiger partial charge in [-0.1, -0.05) is 0 Å². The first kappa shape index (κ1) is 11.7. The van der Waals surface area contributed by atoms with E-state index in [1.807, 2.05) is 0 Å². The van der Waals surface area contributed by atoms with Gasteiger partial charge in [0.1, 0.15) is 6.29 Å². The van der Waals surface area contributed by atoms with Gasteiger partial charge in [-0.05, 0) is 12.2 Å². The van der Waals surface area contributed by atoms with Gasteiger partial charge in [0, 0.05) is 20.3 Å². The van der Waals surface area contributed by atoms with Gasteiger partial charge in [-0.2, -0.15) is 13.2 Å². The molecule has 0 aliphatic carbocycles. The maximum absolute atomic E-state index is 12.1. The molecule has 0 saturated heterocycles. The van der Waals surface area contributed by atoms with E-state index in [0.717, 1.165) is 18.4 Å². The van der Waals surface area contributed by atoms with E-state index in [0.29, 0.717) is 6.29 Å². The topological polar surface area (TPSA) is 20.3 Å². The molecule has 0 heterocycles. The predicted molar refractivity (Wildman–Crippen MR) is 43.0 cm³/mol. The van der Waals surface area contributed by atoms with Crippen molar-refractivity contribution in [2.45, 2.75) is 6.18 Å². The monoisotopic (exact) mass is 193 g/mol. The number of aldehydes is 1. The van der Waals surface area contributed by atoms with Crippen LogP contribution in [0.4, 0.5) is 13.2 Å². The van der Waals surface area contributed by atoms with Crippen LogP contribution in [-0.4, -0.2) is 31.5 Å². The van der Waals surface area contributed by atoms with Crippen LogP contribution >= 0.6 is 0 Å². The maximum atomic E-state index is 12.1. The lowest BCUT2D eigenvalue weighted by molar-refractivity contribution is -0.104. The van der Waals surface area contributed by atoms with Crippen molar-refractivity contribution in [1.82, 2.24) is 4.90 Å².